The van der Waals surface area contributed by atoms with E-state index in [0.29, 0.717) is 0 Å². The molecule has 0 atom stereocenters. The maximum absolute atomic E-state index is 4.58. The summed E-state index contributed by atoms with van der Waals surface area (Å²) in [5, 5.41) is 0.875. The highest BCUT2D eigenvalue weighted by Crippen LogP contribution is 2.27. The molecule has 0 amide bonds. The summed E-state index contributed by atoms with van der Waals surface area (Å²) in [4.78, 5) is 7.02. The van der Waals surface area contributed by atoms with Crippen molar-refractivity contribution in [2.24, 2.45) is 5.92 Å². The van der Waals surface area contributed by atoms with Crippen LogP contribution in [0.5, 0.6) is 0 Å². The second kappa shape index (κ2) is 7.08. The highest BCUT2D eigenvalue weighted by atomic mass is 79.9. The minimum Gasteiger partial charge on any atom is -0.356 e. The Kier molecular flexibility index (Phi) is 4.91. The largest absolute Gasteiger partial charge is 0.356 e. The van der Waals surface area contributed by atoms with E-state index in [-0.39, 0.29) is 0 Å². The van der Waals surface area contributed by atoms with E-state index in [0.717, 1.165) is 30.2 Å². The van der Waals surface area contributed by atoms with Gasteiger partial charge in [0.1, 0.15) is 5.82 Å². The van der Waals surface area contributed by atoms with E-state index in [2.05, 4.69) is 62.2 Å². The Morgan fingerprint density at radius 2 is 1.81 bits per heavy atom. The van der Waals surface area contributed by atoms with Gasteiger partial charge in [0.05, 0.1) is 0 Å². The van der Waals surface area contributed by atoms with Crippen LogP contribution in [0.1, 0.15) is 24.0 Å². The summed E-state index contributed by atoms with van der Waals surface area (Å²) in [6.07, 6.45) is 5.63. The summed E-state index contributed by atoms with van der Waals surface area (Å²) in [5.74, 6) is 1.97. The van der Waals surface area contributed by atoms with Crippen molar-refractivity contribution in [3.8, 4) is 0 Å². The Labute approximate surface area is 135 Å². The van der Waals surface area contributed by atoms with Crippen molar-refractivity contribution in [3.05, 3.63) is 59.8 Å². The van der Waals surface area contributed by atoms with Gasteiger partial charge in [-0.05, 0) is 36.8 Å². The molecule has 21 heavy (non-hydrogen) atoms. The van der Waals surface area contributed by atoms with Crippen LogP contribution in [0.15, 0.2) is 48.7 Å². The highest BCUT2D eigenvalue weighted by Gasteiger charge is 2.21. The average Bonchev–Trinajstić information content (AvgIpc) is 2.56. The quantitative estimate of drug-likeness (QED) is 0.762. The van der Waals surface area contributed by atoms with Gasteiger partial charge in [-0.15, -0.1) is 0 Å². The van der Waals surface area contributed by atoms with Crippen LogP contribution >= 0.6 is 15.9 Å². The van der Waals surface area contributed by atoms with Gasteiger partial charge in [-0.3, -0.25) is 0 Å². The number of anilines is 1. The number of benzene rings is 1. The SMILES string of the molecule is BrCc1cccnc1N1CCC(Cc2ccccc2)CC1. The fourth-order valence-corrected chi connectivity index (χ4v) is 3.55. The fraction of sp³-hybridized carbons (Fsp3) is 0.389. The first-order valence-electron chi connectivity index (χ1n) is 7.65. The van der Waals surface area contributed by atoms with Gasteiger partial charge in [-0.2, -0.15) is 0 Å². The maximum atomic E-state index is 4.58. The first-order valence-corrected chi connectivity index (χ1v) is 8.77. The van der Waals surface area contributed by atoms with Crippen LogP contribution in [0.25, 0.3) is 0 Å². The van der Waals surface area contributed by atoms with E-state index in [1.165, 1.54) is 30.4 Å². The van der Waals surface area contributed by atoms with Crippen molar-refractivity contribution in [2.45, 2.75) is 24.6 Å². The topological polar surface area (TPSA) is 16.1 Å². The van der Waals surface area contributed by atoms with Crippen LogP contribution in [-0.4, -0.2) is 18.1 Å². The van der Waals surface area contributed by atoms with E-state index in [1.807, 2.05) is 12.3 Å². The molecule has 0 aliphatic carbocycles. The average molecular weight is 345 g/mol. The summed E-state index contributed by atoms with van der Waals surface area (Å²) in [5.41, 5.74) is 2.76. The molecule has 2 heterocycles. The Bertz CT molecular complexity index is 562. The Morgan fingerprint density at radius 1 is 1.05 bits per heavy atom. The predicted molar refractivity (Wildman–Crippen MR) is 92.0 cm³/mol. The van der Waals surface area contributed by atoms with Crippen molar-refractivity contribution in [2.75, 3.05) is 18.0 Å². The zero-order chi connectivity index (χ0) is 14.5. The van der Waals surface area contributed by atoms with Crippen LogP contribution in [-0.2, 0) is 11.8 Å². The van der Waals surface area contributed by atoms with Gasteiger partial charge in [0.2, 0.25) is 0 Å². The van der Waals surface area contributed by atoms with Gasteiger partial charge < -0.3 is 4.90 Å². The first-order chi connectivity index (χ1) is 10.4. The molecule has 0 radical (unpaired) electrons. The smallest absolute Gasteiger partial charge is 0.132 e. The van der Waals surface area contributed by atoms with Crippen molar-refractivity contribution in [1.82, 2.24) is 4.98 Å². The van der Waals surface area contributed by atoms with Crippen molar-refractivity contribution >= 4 is 21.7 Å². The molecule has 0 spiro atoms. The van der Waals surface area contributed by atoms with Gasteiger partial charge in [-0.1, -0.05) is 52.3 Å². The molecule has 0 bridgehead atoms. The van der Waals surface area contributed by atoms with E-state index < -0.39 is 0 Å². The Morgan fingerprint density at radius 3 is 2.52 bits per heavy atom. The van der Waals surface area contributed by atoms with Crippen molar-refractivity contribution < 1.29 is 0 Å². The number of aromatic nitrogens is 1. The third kappa shape index (κ3) is 3.65. The molecule has 2 nitrogen and oxygen atoms in total. The lowest BCUT2D eigenvalue weighted by Crippen LogP contribution is -2.35. The van der Waals surface area contributed by atoms with Gasteiger partial charge in [-0.25, -0.2) is 4.98 Å². The number of hydrogen-bond donors (Lipinski definition) is 0. The molecule has 1 saturated heterocycles. The molecular weight excluding hydrogens is 324 g/mol. The molecule has 0 N–H and O–H groups in total. The highest BCUT2D eigenvalue weighted by molar-refractivity contribution is 9.08. The van der Waals surface area contributed by atoms with E-state index >= 15 is 0 Å². The third-order valence-electron chi connectivity index (χ3n) is 4.29. The third-order valence-corrected chi connectivity index (χ3v) is 4.90. The second-order valence-electron chi connectivity index (χ2n) is 5.74. The lowest BCUT2D eigenvalue weighted by molar-refractivity contribution is 0.402. The summed E-state index contributed by atoms with van der Waals surface area (Å²) in [7, 11) is 0. The number of alkyl halides is 1. The Balaban J connectivity index is 1.60. The van der Waals surface area contributed by atoms with Crippen molar-refractivity contribution in [3.63, 3.8) is 0 Å². The minimum atomic E-state index is 0.805. The maximum Gasteiger partial charge on any atom is 0.132 e. The molecule has 2 aromatic rings. The predicted octanol–water partition coefficient (Wildman–Crippen LogP) is 4.44. The number of hydrogen-bond acceptors (Lipinski definition) is 2. The number of nitrogens with zero attached hydrogens (tertiary/aromatic N) is 2. The fourth-order valence-electron chi connectivity index (χ4n) is 3.12. The molecule has 1 aromatic carbocycles. The van der Waals surface area contributed by atoms with Crippen LogP contribution in [0.2, 0.25) is 0 Å². The zero-order valence-corrected chi connectivity index (χ0v) is 13.8. The minimum absolute atomic E-state index is 0.805. The standard InChI is InChI=1S/C18H21BrN2/c19-14-17-7-4-10-20-18(17)21-11-8-16(9-12-21)13-15-5-2-1-3-6-15/h1-7,10,16H,8-9,11-14H2. The molecule has 1 aliphatic heterocycles. The molecule has 0 unspecified atom stereocenters. The molecule has 1 aliphatic rings. The molecule has 3 rings (SSSR count). The number of halogens is 1. The number of piperidine rings is 1. The van der Waals surface area contributed by atoms with Gasteiger partial charge >= 0.3 is 0 Å². The van der Waals surface area contributed by atoms with E-state index in [1.54, 1.807) is 0 Å². The number of rotatable bonds is 4. The van der Waals surface area contributed by atoms with Gasteiger partial charge in [0, 0.05) is 30.2 Å². The summed E-state index contributed by atoms with van der Waals surface area (Å²) >= 11 is 3.56. The monoisotopic (exact) mass is 344 g/mol. The molecule has 0 saturated carbocycles. The molecule has 1 fully saturated rings. The lowest BCUT2D eigenvalue weighted by atomic mass is 9.90. The van der Waals surface area contributed by atoms with Crippen molar-refractivity contribution in [1.29, 1.82) is 0 Å². The van der Waals surface area contributed by atoms with Crippen LogP contribution in [0.3, 0.4) is 0 Å². The second-order valence-corrected chi connectivity index (χ2v) is 6.30. The van der Waals surface area contributed by atoms with Gasteiger partial charge in [0.15, 0.2) is 0 Å². The van der Waals surface area contributed by atoms with E-state index in [9.17, 15) is 0 Å². The van der Waals surface area contributed by atoms with Crippen LogP contribution in [0, 0.1) is 5.92 Å². The first kappa shape index (κ1) is 14.6. The Hall–Kier alpha value is -1.35. The molecular formula is C18H21BrN2. The normalized spacial score (nSPS) is 16.1. The zero-order valence-electron chi connectivity index (χ0n) is 12.2. The molecule has 1 aromatic heterocycles. The van der Waals surface area contributed by atoms with Gasteiger partial charge in [0.25, 0.3) is 0 Å². The summed E-state index contributed by atoms with van der Waals surface area (Å²) in [6.45, 7) is 2.24. The lowest BCUT2D eigenvalue weighted by Gasteiger charge is -2.33. The van der Waals surface area contributed by atoms with Crippen LogP contribution < -0.4 is 4.90 Å². The summed E-state index contributed by atoms with van der Waals surface area (Å²) < 4.78 is 0. The van der Waals surface area contributed by atoms with E-state index in [4.69, 9.17) is 0 Å². The molecule has 110 valence electrons. The molecule has 3 heteroatoms. The van der Waals surface area contributed by atoms with Crippen LogP contribution in [0.4, 0.5) is 5.82 Å². The summed E-state index contributed by atoms with van der Waals surface area (Å²) in [6, 6.07) is 15.0. The number of pyridine rings is 1.